The molecule has 3 nitrogen and oxygen atoms in total. The minimum atomic E-state index is 0.425. The van der Waals surface area contributed by atoms with Crippen LogP contribution in [-0.2, 0) is 0 Å². The van der Waals surface area contributed by atoms with Crippen LogP contribution in [-0.4, -0.2) is 10.1 Å². The zero-order chi connectivity index (χ0) is 10.1. The second kappa shape index (κ2) is 4.00. The van der Waals surface area contributed by atoms with E-state index >= 15 is 0 Å². The molecule has 0 aliphatic carbocycles. The molecule has 0 fully saturated rings. The van der Waals surface area contributed by atoms with Crippen LogP contribution >= 0.6 is 43.5 Å². The minimum absolute atomic E-state index is 0.425. The summed E-state index contributed by atoms with van der Waals surface area (Å²) in [6.45, 7) is 0. The van der Waals surface area contributed by atoms with Crippen LogP contribution in [0.3, 0.4) is 0 Å². The van der Waals surface area contributed by atoms with Crippen LogP contribution < -0.4 is 0 Å². The van der Waals surface area contributed by atoms with Gasteiger partial charge in [-0.25, -0.2) is 0 Å². The topological polar surface area (TPSA) is 38.9 Å². The van der Waals surface area contributed by atoms with Crippen LogP contribution in [0.25, 0.3) is 11.5 Å². The van der Waals surface area contributed by atoms with E-state index < -0.39 is 0 Å². The Hall–Kier alpha value is -0.390. The van der Waals surface area contributed by atoms with Crippen LogP contribution in [0.15, 0.2) is 31.9 Å². The first-order valence-corrected chi connectivity index (χ1v) is 5.58. The van der Waals surface area contributed by atoms with Gasteiger partial charge in [-0.2, -0.15) is 4.98 Å². The highest BCUT2D eigenvalue weighted by atomic mass is 79.9. The largest absolute Gasteiger partial charge is 0.333 e. The summed E-state index contributed by atoms with van der Waals surface area (Å²) in [6, 6.07) is 5.35. The molecule has 0 N–H and O–H groups in total. The smallest absolute Gasteiger partial charge is 0.259 e. The lowest BCUT2D eigenvalue weighted by Gasteiger charge is -1.98. The number of halogens is 3. The maximum atomic E-state index is 5.80. The Kier molecular flexibility index (Phi) is 2.90. The summed E-state index contributed by atoms with van der Waals surface area (Å²) in [5.74, 6) is 0.445. The van der Waals surface area contributed by atoms with Gasteiger partial charge < -0.3 is 4.52 Å². The third kappa shape index (κ3) is 1.99. The lowest BCUT2D eigenvalue weighted by molar-refractivity contribution is 0.426. The summed E-state index contributed by atoms with van der Waals surface area (Å²) in [7, 11) is 0. The van der Waals surface area contributed by atoms with Crippen molar-refractivity contribution in [1.82, 2.24) is 10.1 Å². The van der Waals surface area contributed by atoms with Gasteiger partial charge in [0.25, 0.3) is 5.89 Å². The van der Waals surface area contributed by atoms with Crippen molar-refractivity contribution in [3.63, 3.8) is 0 Å². The third-order valence-electron chi connectivity index (χ3n) is 1.56. The average molecular weight is 338 g/mol. The molecule has 1 aromatic heterocycles. The van der Waals surface area contributed by atoms with E-state index in [1.165, 1.54) is 0 Å². The minimum Gasteiger partial charge on any atom is -0.333 e. The Morgan fingerprint density at radius 2 is 2.07 bits per heavy atom. The fourth-order valence-corrected chi connectivity index (χ4v) is 2.06. The van der Waals surface area contributed by atoms with E-state index in [0.717, 1.165) is 10.0 Å². The summed E-state index contributed by atoms with van der Waals surface area (Å²) in [6.07, 6.45) is 0. The maximum Gasteiger partial charge on any atom is 0.259 e. The molecule has 72 valence electrons. The van der Waals surface area contributed by atoms with Crippen LogP contribution in [0.1, 0.15) is 0 Å². The van der Waals surface area contributed by atoms with Crippen molar-refractivity contribution in [2.45, 2.75) is 0 Å². The van der Waals surface area contributed by atoms with E-state index in [1.807, 2.05) is 6.07 Å². The van der Waals surface area contributed by atoms with Crippen molar-refractivity contribution < 1.29 is 4.52 Å². The second-order valence-electron chi connectivity index (χ2n) is 2.49. The van der Waals surface area contributed by atoms with Gasteiger partial charge in [-0.05, 0) is 55.2 Å². The van der Waals surface area contributed by atoms with E-state index in [4.69, 9.17) is 16.1 Å². The van der Waals surface area contributed by atoms with Crippen LogP contribution in [0.4, 0.5) is 0 Å². The van der Waals surface area contributed by atoms with E-state index in [1.54, 1.807) is 12.1 Å². The Labute approximate surface area is 102 Å². The van der Waals surface area contributed by atoms with Gasteiger partial charge in [0.2, 0.25) is 4.73 Å². The Balaban J connectivity index is 2.52. The molecule has 6 heteroatoms. The number of rotatable bonds is 1. The Morgan fingerprint density at radius 1 is 1.29 bits per heavy atom. The normalized spacial score (nSPS) is 10.5. The predicted octanol–water partition coefficient (Wildman–Crippen LogP) is 3.92. The summed E-state index contributed by atoms with van der Waals surface area (Å²) >= 11 is 12.3. The summed E-state index contributed by atoms with van der Waals surface area (Å²) < 4.78 is 6.24. The lowest BCUT2D eigenvalue weighted by atomic mass is 10.2. The molecule has 14 heavy (non-hydrogen) atoms. The molecular weight excluding hydrogens is 335 g/mol. The molecule has 1 aromatic carbocycles. The number of hydrogen-bond donors (Lipinski definition) is 0. The first-order chi connectivity index (χ1) is 6.66. The molecule has 0 radical (unpaired) electrons. The van der Waals surface area contributed by atoms with Gasteiger partial charge in [0, 0.05) is 9.50 Å². The molecule has 0 bridgehead atoms. The monoisotopic (exact) mass is 336 g/mol. The lowest BCUT2D eigenvalue weighted by Crippen LogP contribution is -1.79. The second-order valence-corrected chi connectivity index (χ2v) is 4.49. The predicted molar refractivity (Wildman–Crippen MR) is 60.1 cm³/mol. The van der Waals surface area contributed by atoms with Crippen LogP contribution in [0.2, 0.25) is 5.02 Å². The molecule has 1 heterocycles. The van der Waals surface area contributed by atoms with Crippen molar-refractivity contribution >= 4 is 43.5 Å². The molecule has 0 amide bonds. The zero-order valence-corrected chi connectivity index (χ0v) is 10.6. The van der Waals surface area contributed by atoms with Crippen LogP contribution in [0.5, 0.6) is 0 Å². The van der Waals surface area contributed by atoms with Crippen molar-refractivity contribution in [3.05, 3.63) is 32.4 Å². The first kappa shape index (κ1) is 10.1. The molecule has 0 aliphatic rings. The van der Waals surface area contributed by atoms with Gasteiger partial charge in [0.1, 0.15) is 0 Å². The molecule has 0 saturated heterocycles. The number of nitrogens with zero attached hydrogens (tertiary/aromatic N) is 2. The molecule has 2 rings (SSSR count). The SMILES string of the molecule is Clc1ccc(-c2nc(Br)no2)c(Br)c1. The van der Waals surface area contributed by atoms with E-state index in [0.29, 0.717) is 15.6 Å². The van der Waals surface area contributed by atoms with E-state index in [2.05, 4.69) is 42.0 Å². The molecular formula is C8H3Br2ClN2O. The molecule has 0 aliphatic heterocycles. The highest BCUT2D eigenvalue weighted by molar-refractivity contribution is 9.10. The summed E-state index contributed by atoms with van der Waals surface area (Å²) in [5, 5.41) is 4.29. The van der Waals surface area contributed by atoms with Gasteiger partial charge in [-0.3, -0.25) is 0 Å². The molecule has 0 saturated carbocycles. The zero-order valence-electron chi connectivity index (χ0n) is 6.67. The number of aromatic nitrogens is 2. The highest BCUT2D eigenvalue weighted by Crippen LogP contribution is 2.29. The Morgan fingerprint density at radius 3 is 2.64 bits per heavy atom. The fourth-order valence-electron chi connectivity index (χ4n) is 0.978. The molecule has 0 atom stereocenters. The van der Waals surface area contributed by atoms with Gasteiger partial charge in [-0.1, -0.05) is 11.6 Å². The highest BCUT2D eigenvalue weighted by Gasteiger charge is 2.10. The number of hydrogen-bond acceptors (Lipinski definition) is 3. The molecule has 2 aromatic rings. The van der Waals surface area contributed by atoms with Crippen LogP contribution in [0, 0.1) is 0 Å². The number of benzene rings is 1. The quantitative estimate of drug-likeness (QED) is 0.791. The van der Waals surface area contributed by atoms with E-state index in [-0.39, 0.29) is 0 Å². The van der Waals surface area contributed by atoms with Crippen molar-refractivity contribution in [2.75, 3.05) is 0 Å². The standard InChI is InChI=1S/C8H3Br2ClN2O/c9-6-3-4(11)1-2-5(6)7-12-8(10)13-14-7/h1-3H. The first-order valence-electron chi connectivity index (χ1n) is 3.61. The maximum absolute atomic E-state index is 5.80. The van der Waals surface area contributed by atoms with E-state index in [9.17, 15) is 0 Å². The average Bonchev–Trinajstić information content (AvgIpc) is 2.51. The van der Waals surface area contributed by atoms with Gasteiger partial charge >= 0.3 is 0 Å². The van der Waals surface area contributed by atoms with Gasteiger partial charge in [0.15, 0.2) is 0 Å². The summed E-state index contributed by atoms with van der Waals surface area (Å²) in [5.41, 5.74) is 0.813. The van der Waals surface area contributed by atoms with Crippen molar-refractivity contribution in [1.29, 1.82) is 0 Å². The molecule has 0 unspecified atom stereocenters. The van der Waals surface area contributed by atoms with Gasteiger partial charge in [0.05, 0.1) is 5.56 Å². The fraction of sp³-hybridized carbons (Fsp3) is 0. The van der Waals surface area contributed by atoms with Crippen molar-refractivity contribution in [3.8, 4) is 11.5 Å². The van der Waals surface area contributed by atoms with Gasteiger partial charge in [-0.15, -0.1) is 0 Å². The summed E-state index contributed by atoms with van der Waals surface area (Å²) in [4.78, 5) is 4.04. The Bertz CT molecular complexity index is 472. The third-order valence-corrected chi connectivity index (χ3v) is 2.78. The molecule has 0 spiro atoms. The van der Waals surface area contributed by atoms with Crippen molar-refractivity contribution in [2.24, 2.45) is 0 Å².